The number of ether oxygens (including phenoxy) is 2. The van der Waals surface area contributed by atoms with Crippen LogP contribution in [0.2, 0.25) is 0 Å². The van der Waals surface area contributed by atoms with Gasteiger partial charge in [0.15, 0.2) is 0 Å². The topological polar surface area (TPSA) is 76.0 Å². The van der Waals surface area contributed by atoms with Gasteiger partial charge in [0, 0.05) is 12.0 Å². The number of carboxylic acids is 1. The van der Waals surface area contributed by atoms with Crippen LogP contribution in [0, 0.1) is 11.7 Å². The lowest BCUT2D eigenvalue weighted by Gasteiger charge is -2.36. The molecule has 4 rings (SSSR count). The van der Waals surface area contributed by atoms with Crippen molar-refractivity contribution in [3.8, 4) is 11.5 Å². The first-order valence-corrected chi connectivity index (χ1v) is 11.4. The van der Waals surface area contributed by atoms with Crippen molar-refractivity contribution in [2.45, 2.75) is 63.4 Å². The minimum absolute atomic E-state index is 0.0888. The number of aryl methyl sites for hydroxylation is 1. The predicted octanol–water partition coefficient (Wildman–Crippen LogP) is 5.48. The average Bonchev–Trinajstić information content (AvgIpc) is 3.68. The summed E-state index contributed by atoms with van der Waals surface area (Å²) in [4.78, 5) is 10.7. The lowest BCUT2D eigenvalue weighted by molar-refractivity contribution is -0.136. The number of aliphatic carboxylic acids is 1. The summed E-state index contributed by atoms with van der Waals surface area (Å²) in [6.45, 7) is 0.513. The Bertz CT molecular complexity index is 885. The van der Waals surface area contributed by atoms with Crippen LogP contribution in [0.3, 0.4) is 0 Å². The van der Waals surface area contributed by atoms with Crippen LogP contribution in [-0.2, 0) is 16.8 Å². The van der Waals surface area contributed by atoms with Crippen LogP contribution >= 0.6 is 0 Å². The zero-order valence-corrected chi connectivity index (χ0v) is 18.7. The van der Waals surface area contributed by atoms with Gasteiger partial charge in [0.2, 0.25) is 0 Å². The van der Waals surface area contributed by atoms with Gasteiger partial charge in [-0.15, -0.1) is 0 Å². The van der Waals surface area contributed by atoms with Crippen LogP contribution in [0.5, 0.6) is 11.5 Å². The summed E-state index contributed by atoms with van der Waals surface area (Å²) in [6.07, 6.45) is 7.44. The maximum atomic E-state index is 14.3. The monoisotopic (exact) mass is 444 g/mol. The number of hydrogen-bond donors (Lipinski definition) is 2. The number of carbonyl (C=O) groups is 1. The van der Waals surface area contributed by atoms with Crippen LogP contribution in [-0.4, -0.2) is 29.9 Å². The highest BCUT2D eigenvalue weighted by Gasteiger charge is 2.37. The van der Waals surface area contributed by atoms with Gasteiger partial charge in [-0.1, -0.05) is 31.4 Å². The second kappa shape index (κ2) is 11.3. The number of hydrogen-bond acceptors (Lipinski definition) is 4. The van der Waals surface area contributed by atoms with Crippen LogP contribution in [0.1, 0.15) is 62.5 Å². The highest BCUT2D eigenvalue weighted by atomic mass is 19.1. The Morgan fingerprint density at radius 2 is 1.81 bits per heavy atom. The normalized spacial score (nSPS) is 21.8. The third kappa shape index (κ3) is 7.23. The Balaban J connectivity index is 0.000000887. The lowest BCUT2D eigenvalue weighted by atomic mass is 9.75. The summed E-state index contributed by atoms with van der Waals surface area (Å²) in [5.41, 5.74) is 0.0325. The Labute approximate surface area is 189 Å². The number of methoxy groups -OCH3 is 1. The van der Waals surface area contributed by atoms with Crippen molar-refractivity contribution in [1.29, 1.82) is 0 Å². The molecule has 2 aliphatic carbocycles. The summed E-state index contributed by atoms with van der Waals surface area (Å²) in [6, 6.07) is 11.9. The molecule has 0 bridgehead atoms. The van der Waals surface area contributed by atoms with Crippen LogP contribution in [0.4, 0.5) is 4.39 Å². The van der Waals surface area contributed by atoms with Crippen LogP contribution < -0.4 is 9.47 Å². The first-order valence-electron chi connectivity index (χ1n) is 11.4. The molecule has 0 saturated heterocycles. The van der Waals surface area contributed by atoms with Crippen molar-refractivity contribution in [2.24, 2.45) is 5.92 Å². The van der Waals surface area contributed by atoms with Crippen molar-refractivity contribution < 1.29 is 28.9 Å². The van der Waals surface area contributed by atoms with E-state index in [1.54, 1.807) is 12.1 Å². The lowest BCUT2D eigenvalue weighted by Crippen LogP contribution is -2.34. The summed E-state index contributed by atoms with van der Waals surface area (Å²) < 4.78 is 25.3. The van der Waals surface area contributed by atoms with E-state index in [1.807, 2.05) is 24.3 Å². The van der Waals surface area contributed by atoms with Gasteiger partial charge in [-0.2, -0.15) is 0 Å². The fourth-order valence-corrected chi connectivity index (χ4v) is 3.84. The molecular weight excluding hydrogens is 411 g/mol. The average molecular weight is 445 g/mol. The van der Waals surface area contributed by atoms with E-state index in [2.05, 4.69) is 0 Å². The van der Waals surface area contributed by atoms with Gasteiger partial charge in [-0.25, -0.2) is 4.39 Å². The minimum Gasteiger partial charge on any atom is -0.497 e. The minimum atomic E-state index is -1.19. The first kappa shape index (κ1) is 24.1. The molecule has 2 aromatic carbocycles. The molecule has 32 heavy (non-hydrogen) atoms. The molecule has 0 aromatic heterocycles. The molecule has 2 fully saturated rings. The molecule has 0 aliphatic heterocycles. The van der Waals surface area contributed by atoms with E-state index in [4.69, 9.17) is 14.6 Å². The zero-order chi connectivity index (χ0) is 23.0. The Morgan fingerprint density at radius 1 is 1.09 bits per heavy atom. The molecule has 2 aromatic rings. The molecule has 2 N–H and O–H groups in total. The van der Waals surface area contributed by atoms with E-state index in [0.29, 0.717) is 42.9 Å². The van der Waals surface area contributed by atoms with Crippen molar-refractivity contribution in [1.82, 2.24) is 0 Å². The van der Waals surface area contributed by atoms with E-state index in [0.717, 1.165) is 18.4 Å². The predicted molar refractivity (Wildman–Crippen MR) is 121 cm³/mol. The fourth-order valence-electron chi connectivity index (χ4n) is 3.84. The smallest absolute Gasteiger partial charge is 0.303 e. The fraction of sp³-hybridized carbons (Fsp3) is 0.500. The molecule has 6 heteroatoms. The molecule has 0 radical (unpaired) electrons. The number of carboxylic acid groups (broad SMARTS) is 1. The SMILES string of the molecule is C1CC1.COc1ccc(F)c(C2(O)CCC(COc3cccc(CCC(=O)O)c3)CC2)c1. The molecule has 0 amide bonds. The third-order valence-electron chi connectivity index (χ3n) is 5.97. The van der Waals surface area contributed by atoms with E-state index in [9.17, 15) is 14.3 Å². The van der Waals surface area contributed by atoms with Crippen molar-refractivity contribution >= 4 is 5.97 Å². The zero-order valence-electron chi connectivity index (χ0n) is 18.7. The second-order valence-electron chi connectivity index (χ2n) is 8.73. The van der Waals surface area contributed by atoms with Gasteiger partial charge in [0.05, 0.1) is 19.3 Å². The molecule has 5 nitrogen and oxygen atoms in total. The van der Waals surface area contributed by atoms with Crippen LogP contribution in [0.15, 0.2) is 42.5 Å². The molecule has 0 unspecified atom stereocenters. The van der Waals surface area contributed by atoms with Crippen molar-refractivity contribution in [2.75, 3.05) is 13.7 Å². The number of aliphatic hydroxyl groups is 1. The van der Waals surface area contributed by atoms with Crippen molar-refractivity contribution in [3.63, 3.8) is 0 Å². The Kier molecular flexibility index (Phi) is 8.51. The van der Waals surface area contributed by atoms with Gasteiger partial charge >= 0.3 is 5.97 Å². The van der Waals surface area contributed by atoms with Gasteiger partial charge < -0.3 is 19.7 Å². The standard InChI is InChI=1S/C23H27FO5.C3H6/c1-28-18-6-7-21(24)20(14-18)23(27)11-9-17(10-12-23)15-29-19-4-2-3-16(13-19)5-8-22(25)26;1-2-3-1/h2-4,6-7,13-14,17,27H,5,8-12,15H2,1H3,(H,25,26);1-3H2. The van der Waals surface area contributed by atoms with Gasteiger partial charge in [0.25, 0.3) is 0 Å². The highest BCUT2D eigenvalue weighted by molar-refractivity contribution is 5.67. The van der Waals surface area contributed by atoms with E-state index in [-0.39, 0.29) is 12.3 Å². The summed E-state index contributed by atoms with van der Waals surface area (Å²) in [7, 11) is 1.52. The molecule has 2 aliphatic rings. The van der Waals surface area contributed by atoms with Gasteiger partial charge in [0.1, 0.15) is 17.3 Å². The number of halogens is 1. The summed E-state index contributed by atoms with van der Waals surface area (Å²) in [5.74, 6) is 0.280. The molecule has 2 saturated carbocycles. The highest BCUT2D eigenvalue weighted by Crippen LogP contribution is 2.41. The Morgan fingerprint density at radius 3 is 2.44 bits per heavy atom. The van der Waals surface area contributed by atoms with E-state index >= 15 is 0 Å². The Hall–Kier alpha value is -2.60. The third-order valence-corrected chi connectivity index (χ3v) is 5.97. The molecule has 0 spiro atoms. The molecular formula is C26H33FO5. The summed E-state index contributed by atoms with van der Waals surface area (Å²) >= 11 is 0. The second-order valence-corrected chi connectivity index (χ2v) is 8.73. The molecule has 174 valence electrons. The summed E-state index contributed by atoms with van der Waals surface area (Å²) in [5, 5.41) is 19.8. The van der Waals surface area contributed by atoms with Gasteiger partial charge in [-0.3, -0.25) is 4.79 Å². The van der Waals surface area contributed by atoms with E-state index in [1.165, 1.54) is 32.4 Å². The van der Waals surface area contributed by atoms with Crippen molar-refractivity contribution in [3.05, 3.63) is 59.4 Å². The quantitative estimate of drug-likeness (QED) is 0.564. The first-order chi connectivity index (χ1) is 15.4. The number of rotatable bonds is 8. The largest absolute Gasteiger partial charge is 0.497 e. The van der Waals surface area contributed by atoms with Crippen LogP contribution in [0.25, 0.3) is 0 Å². The maximum Gasteiger partial charge on any atom is 0.303 e. The van der Waals surface area contributed by atoms with E-state index < -0.39 is 17.4 Å². The number of benzene rings is 2. The van der Waals surface area contributed by atoms with Gasteiger partial charge in [-0.05, 0) is 73.9 Å². The molecule has 0 atom stereocenters. The molecule has 0 heterocycles. The maximum absolute atomic E-state index is 14.3.